The van der Waals surface area contributed by atoms with Crippen LogP contribution in [0.3, 0.4) is 0 Å². The predicted molar refractivity (Wildman–Crippen MR) is 60.6 cm³/mol. The molecule has 0 spiro atoms. The fraction of sp³-hybridized carbons (Fsp3) is 0.250. The number of hydrogen-bond acceptors (Lipinski definition) is 2. The molecule has 0 aliphatic heterocycles. The molecule has 1 saturated carbocycles. The average molecular weight is 201 g/mol. The number of fused-ring (bicyclic) bond motifs is 1. The summed E-state index contributed by atoms with van der Waals surface area (Å²) in [7, 11) is 0. The SMILES string of the molecule is c1cnc2c(SC3CC3)cccc2c1. The van der Waals surface area contributed by atoms with Crippen LogP contribution in [0.15, 0.2) is 41.4 Å². The Morgan fingerprint density at radius 2 is 2.00 bits per heavy atom. The van der Waals surface area contributed by atoms with Crippen molar-refractivity contribution in [1.82, 2.24) is 4.98 Å². The molecule has 0 radical (unpaired) electrons. The van der Waals surface area contributed by atoms with Gasteiger partial charge in [-0.2, -0.15) is 0 Å². The Hall–Kier alpha value is -1.02. The second-order valence-corrected chi connectivity index (χ2v) is 4.99. The summed E-state index contributed by atoms with van der Waals surface area (Å²) < 4.78 is 0. The van der Waals surface area contributed by atoms with Crippen LogP contribution in [0.4, 0.5) is 0 Å². The van der Waals surface area contributed by atoms with E-state index in [4.69, 9.17) is 0 Å². The van der Waals surface area contributed by atoms with Gasteiger partial charge < -0.3 is 0 Å². The highest BCUT2D eigenvalue weighted by Gasteiger charge is 2.23. The topological polar surface area (TPSA) is 12.9 Å². The van der Waals surface area contributed by atoms with Crippen molar-refractivity contribution >= 4 is 22.7 Å². The number of nitrogens with zero attached hydrogens (tertiary/aromatic N) is 1. The van der Waals surface area contributed by atoms with E-state index in [1.807, 2.05) is 24.0 Å². The molecule has 1 aliphatic rings. The minimum Gasteiger partial charge on any atom is -0.255 e. The van der Waals surface area contributed by atoms with Gasteiger partial charge in [0.25, 0.3) is 0 Å². The summed E-state index contributed by atoms with van der Waals surface area (Å²) in [5, 5.41) is 2.10. The van der Waals surface area contributed by atoms with E-state index in [1.165, 1.54) is 23.1 Å². The summed E-state index contributed by atoms with van der Waals surface area (Å²) >= 11 is 1.98. The highest BCUT2D eigenvalue weighted by Crippen LogP contribution is 2.41. The molecule has 1 nitrogen and oxygen atoms in total. The molecule has 0 saturated heterocycles. The molecule has 1 heterocycles. The number of hydrogen-bond donors (Lipinski definition) is 0. The van der Waals surface area contributed by atoms with Crippen LogP contribution in [0, 0.1) is 0 Å². The smallest absolute Gasteiger partial charge is 0.0837 e. The first-order valence-electron chi connectivity index (χ1n) is 4.94. The van der Waals surface area contributed by atoms with Crippen molar-refractivity contribution in [3.63, 3.8) is 0 Å². The molecule has 14 heavy (non-hydrogen) atoms. The monoisotopic (exact) mass is 201 g/mol. The number of benzene rings is 1. The first-order chi connectivity index (χ1) is 6.93. The van der Waals surface area contributed by atoms with E-state index in [1.54, 1.807) is 0 Å². The number of pyridine rings is 1. The van der Waals surface area contributed by atoms with Crippen molar-refractivity contribution in [2.45, 2.75) is 23.0 Å². The van der Waals surface area contributed by atoms with Crippen molar-refractivity contribution in [1.29, 1.82) is 0 Å². The molecule has 3 rings (SSSR count). The van der Waals surface area contributed by atoms with E-state index in [9.17, 15) is 0 Å². The molecule has 1 aliphatic carbocycles. The second-order valence-electron chi connectivity index (χ2n) is 3.65. The third-order valence-electron chi connectivity index (χ3n) is 2.41. The summed E-state index contributed by atoms with van der Waals surface area (Å²) in [6, 6.07) is 10.5. The Labute approximate surface area is 87.5 Å². The lowest BCUT2D eigenvalue weighted by Gasteiger charge is -2.03. The maximum Gasteiger partial charge on any atom is 0.0837 e. The van der Waals surface area contributed by atoms with E-state index < -0.39 is 0 Å². The third kappa shape index (κ3) is 1.50. The van der Waals surface area contributed by atoms with Crippen LogP contribution >= 0.6 is 11.8 Å². The molecule has 2 heteroatoms. The molecule has 0 atom stereocenters. The average Bonchev–Trinajstić information content (AvgIpc) is 3.03. The fourth-order valence-corrected chi connectivity index (χ4v) is 2.71. The highest BCUT2D eigenvalue weighted by atomic mass is 32.2. The van der Waals surface area contributed by atoms with Gasteiger partial charge in [-0.15, -0.1) is 11.8 Å². The number of thioether (sulfide) groups is 1. The van der Waals surface area contributed by atoms with Crippen molar-refractivity contribution in [2.75, 3.05) is 0 Å². The Balaban J connectivity index is 2.11. The molecule has 70 valence electrons. The predicted octanol–water partition coefficient (Wildman–Crippen LogP) is 3.49. The fourth-order valence-electron chi connectivity index (χ4n) is 1.54. The number of para-hydroxylation sites is 1. The zero-order chi connectivity index (χ0) is 9.38. The van der Waals surface area contributed by atoms with Crippen LogP contribution in [-0.2, 0) is 0 Å². The van der Waals surface area contributed by atoms with Gasteiger partial charge in [0.1, 0.15) is 0 Å². The van der Waals surface area contributed by atoms with Gasteiger partial charge in [0, 0.05) is 21.7 Å². The minimum absolute atomic E-state index is 0.850. The molecular formula is C12H11NS. The van der Waals surface area contributed by atoms with Crippen molar-refractivity contribution in [3.05, 3.63) is 36.5 Å². The van der Waals surface area contributed by atoms with Crippen LogP contribution < -0.4 is 0 Å². The Bertz CT molecular complexity index is 457. The summed E-state index contributed by atoms with van der Waals surface area (Å²) in [4.78, 5) is 5.78. The van der Waals surface area contributed by atoms with Gasteiger partial charge in [-0.3, -0.25) is 4.98 Å². The zero-order valence-electron chi connectivity index (χ0n) is 7.81. The van der Waals surface area contributed by atoms with Crippen LogP contribution in [0.2, 0.25) is 0 Å². The van der Waals surface area contributed by atoms with E-state index in [0.717, 1.165) is 10.8 Å². The third-order valence-corrected chi connectivity index (χ3v) is 3.80. The van der Waals surface area contributed by atoms with Crippen LogP contribution in [0.1, 0.15) is 12.8 Å². The summed E-state index contributed by atoms with van der Waals surface area (Å²) in [6.45, 7) is 0. The van der Waals surface area contributed by atoms with Gasteiger partial charge >= 0.3 is 0 Å². The lowest BCUT2D eigenvalue weighted by atomic mass is 10.2. The summed E-state index contributed by atoms with van der Waals surface area (Å²) in [5.41, 5.74) is 1.16. The standard InChI is InChI=1S/C12H11NS/c1-3-9-4-2-8-13-12(9)11(5-1)14-10-6-7-10/h1-5,8,10H,6-7H2. The minimum atomic E-state index is 0.850. The Morgan fingerprint density at radius 3 is 2.86 bits per heavy atom. The van der Waals surface area contributed by atoms with Crippen molar-refractivity contribution in [3.8, 4) is 0 Å². The van der Waals surface area contributed by atoms with Gasteiger partial charge in [-0.05, 0) is 25.0 Å². The molecule has 2 aromatic rings. The van der Waals surface area contributed by atoms with Crippen molar-refractivity contribution < 1.29 is 0 Å². The highest BCUT2D eigenvalue weighted by molar-refractivity contribution is 8.00. The molecule has 0 amide bonds. The molecule has 0 bridgehead atoms. The lowest BCUT2D eigenvalue weighted by molar-refractivity contribution is 1.34. The molecule has 0 unspecified atom stereocenters. The number of rotatable bonds is 2. The maximum absolute atomic E-state index is 4.44. The Kier molecular flexibility index (Phi) is 1.95. The lowest BCUT2D eigenvalue weighted by Crippen LogP contribution is -1.82. The van der Waals surface area contributed by atoms with E-state index in [2.05, 4.69) is 29.2 Å². The molecule has 1 aromatic heterocycles. The van der Waals surface area contributed by atoms with E-state index >= 15 is 0 Å². The molecule has 1 fully saturated rings. The molecule has 1 aromatic carbocycles. The van der Waals surface area contributed by atoms with Crippen LogP contribution in [-0.4, -0.2) is 10.2 Å². The van der Waals surface area contributed by atoms with Gasteiger partial charge in [0.05, 0.1) is 5.52 Å². The zero-order valence-corrected chi connectivity index (χ0v) is 8.63. The summed E-state index contributed by atoms with van der Waals surface area (Å²) in [5.74, 6) is 0. The normalized spacial score (nSPS) is 16.0. The second kappa shape index (κ2) is 3.28. The van der Waals surface area contributed by atoms with E-state index in [-0.39, 0.29) is 0 Å². The van der Waals surface area contributed by atoms with Crippen LogP contribution in [0.25, 0.3) is 10.9 Å². The van der Waals surface area contributed by atoms with Gasteiger partial charge in [0.2, 0.25) is 0 Å². The van der Waals surface area contributed by atoms with Gasteiger partial charge in [-0.1, -0.05) is 18.2 Å². The Morgan fingerprint density at radius 1 is 1.14 bits per heavy atom. The first-order valence-corrected chi connectivity index (χ1v) is 5.82. The maximum atomic E-state index is 4.44. The quantitative estimate of drug-likeness (QED) is 0.737. The van der Waals surface area contributed by atoms with Crippen molar-refractivity contribution in [2.24, 2.45) is 0 Å². The van der Waals surface area contributed by atoms with Crippen LogP contribution in [0.5, 0.6) is 0 Å². The summed E-state index contributed by atoms with van der Waals surface area (Å²) in [6.07, 6.45) is 4.61. The number of aromatic nitrogens is 1. The molecular weight excluding hydrogens is 190 g/mol. The largest absolute Gasteiger partial charge is 0.255 e. The molecule has 0 N–H and O–H groups in total. The van der Waals surface area contributed by atoms with Gasteiger partial charge in [0.15, 0.2) is 0 Å². The first kappa shape index (κ1) is 8.30. The van der Waals surface area contributed by atoms with E-state index in [0.29, 0.717) is 0 Å². The van der Waals surface area contributed by atoms with Gasteiger partial charge in [-0.25, -0.2) is 0 Å².